The Hall–Kier alpha value is -7.42. The maximum Gasteiger partial charge on any atom is 0.0737 e. The summed E-state index contributed by atoms with van der Waals surface area (Å²) < 4.78 is 0. The zero-order chi connectivity index (χ0) is 34.1. The molecule has 0 unspecified atom stereocenters. The smallest absolute Gasteiger partial charge is 0.0737 e. The summed E-state index contributed by atoms with van der Waals surface area (Å²) in [4.78, 5) is 33.8. The van der Waals surface area contributed by atoms with Gasteiger partial charge >= 0.3 is 0 Å². The molecule has 1 aromatic carbocycles. The number of nitrogens with one attached hydrogen (secondary N) is 2. The van der Waals surface area contributed by atoms with Crippen molar-refractivity contribution in [1.82, 2.24) is 34.9 Å². The van der Waals surface area contributed by atoms with Gasteiger partial charge in [0.05, 0.1) is 22.8 Å². The van der Waals surface area contributed by atoms with Gasteiger partial charge in [-0.15, -0.1) is 0 Å². The molecule has 0 amide bonds. The molecule has 9 rings (SSSR count). The number of fused-ring (bicyclic) bond motifs is 8. The highest BCUT2D eigenvalue weighted by Gasteiger charge is 2.18. The standard InChI is InChI=1S/C41H26N10/c42-51-50-29-3-1-25(2-4-29)38-30-5-7-32(46-30)39(26-13-19-43-20-14-26)34-9-11-36(48-34)41(28-17-23-45-24-18-28)37-12-10-35(49-37)40(27-15-21-44-22-16-27)33-8-6-31(38)47-33/h1-24,46,49H. The molecule has 51 heavy (non-hydrogen) atoms. The molecule has 2 aliphatic heterocycles. The number of aromatic nitrogens is 7. The van der Waals surface area contributed by atoms with Crippen molar-refractivity contribution in [2.45, 2.75) is 0 Å². The summed E-state index contributed by atoms with van der Waals surface area (Å²) in [6.45, 7) is 0. The first kappa shape index (κ1) is 29.7. The van der Waals surface area contributed by atoms with Crippen molar-refractivity contribution in [3.63, 3.8) is 0 Å². The molecule has 2 N–H and O–H groups in total. The van der Waals surface area contributed by atoms with Gasteiger partial charge in [0.2, 0.25) is 0 Å². The minimum Gasteiger partial charge on any atom is -0.354 e. The van der Waals surface area contributed by atoms with E-state index in [0.29, 0.717) is 5.69 Å². The van der Waals surface area contributed by atoms with E-state index in [1.54, 1.807) is 37.2 Å². The monoisotopic (exact) mass is 658 g/mol. The first-order valence-electron chi connectivity index (χ1n) is 16.3. The second-order valence-corrected chi connectivity index (χ2v) is 11.9. The molecule has 0 saturated carbocycles. The van der Waals surface area contributed by atoms with E-state index in [0.717, 1.165) is 89.4 Å². The first-order valence-corrected chi connectivity index (χ1v) is 16.3. The molecule has 8 bridgehead atoms. The minimum atomic E-state index is 0.531. The summed E-state index contributed by atoms with van der Waals surface area (Å²) in [5, 5.41) is 3.78. The number of hydrogen-bond donors (Lipinski definition) is 2. The molecular weight excluding hydrogens is 633 g/mol. The van der Waals surface area contributed by atoms with Crippen molar-refractivity contribution in [1.29, 1.82) is 0 Å². The van der Waals surface area contributed by atoms with Gasteiger partial charge in [-0.25, -0.2) is 9.97 Å². The Kier molecular flexibility index (Phi) is 7.31. The van der Waals surface area contributed by atoms with Crippen LogP contribution in [-0.2, 0) is 0 Å². The summed E-state index contributed by atoms with van der Waals surface area (Å²) in [5.41, 5.74) is 23.9. The highest BCUT2D eigenvalue weighted by Crippen LogP contribution is 2.38. The third-order valence-electron chi connectivity index (χ3n) is 8.98. The average Bonchev–Trinajstić information content (AvgIpc) is 4.02. The number of H-pyrrole nitrogens is 2. The lowest BCUT2D eigenvalue weighted by atomic mass is 10.0. The topological polar surface area (TPSA) is 145 Å². The van der Waals surface area contributed by atoms with E-state index in [2.05, 4.69) is 77.4 Å². The highest BCUT2D eigenvalue weighted by atomic mass is 15.1. The SMILES string of the molecule is [N-]=[N+]=Nc1ccc(-c2c3nc(c(-c4ccncc4)c4ccc([nH]4)c(-c4ccncc4)c4nc(c(-c5ccncc5)c5ccc2[nH]5)C=C4)C=C3)cc1. The largest absolute Gasteiger partial charge is 0.354 e. The zero-order valence-corrected chi connectivity index (χ0v) is 26.9. The quantitative estimate of drug-likeness (QED) is 0.107. The molecule has 10 nitrogen and oxygen atoms in total. The predicted octanol–water partition coefficient (Wildman–Crippen LogP) is 10.5. The third-order valence-corrected chi connectivity index (χ3v) is 8.98. The molecular formula is C41H26N10. The van der Waals surface area contributed by atoms with Crippen molar-refractivity contribution in [2.75, 3.05) is 0 Å². The van der Waals surface area contributed by atoms with Crippen molar-refractivity contribution in [3.8, 4) is 44.5 Å². The Morgan fingerprint density at radius 3 is 1.04 bits per heavy atom. The number of azide groups is 1. The lowest BCUT2D eigenvalue weighted by Crippen LogP contribution is -1.90. The van der Waals surface area contributed by atoms with E-state index >= 15 is 0 Å². The van der Waals surface area contributed by atoms with Crippen LogP contribution >= 0.6 is 0 Å². The fraction of sp³-hybridized carbons (Fsp3) is 0. The van der Waals surface area contributed by atoms with Crippen LogP contribution in [-0.4, -0.2) is 34.9 Å². The maximum atomic E-state index is 9.02. The molecule has 6 aromatic heterocycles. The van der Waals surface area contributed by atoms with Crippen molar-refractivity contribution < 1.29 is 0 Å². The van der Waals surface area contributed by atoms with Crippen molar-refractivity contribution in [3.05, 3.63) is 155 Å². The normalized spacial score (nSPS) is 11.8. The molecule has 0 spiro atoms. The zero-order valence-electron chi connectivity index (χ0n) is 26.9. The van der Waals surface area contributed by atoms with Crippen molar-refractivity contribution >= 4 is 52.1 Å². The van der Waals surface area contributed by atoms with Crippen molar-refractivity contribution in [2.24, 2.45) is 5.11 Å². The van der Waals surface area contributed by atoms with Gasteiger partial charge in [0, 0.05) is 92.1 Å². The Balaban J connectivity index is 1.46. The molecule has 0 saturated heterocycles. The Bertz CT molecular complexity index is 2680. The molecule has 0 radical (unpaired) electrons. The maximum absolute atomic E-state index is 9.02. The second kappa shape index (κ2) is 12.6. The molecule has 8 heterocycles. The van der Waals surface area contributed by atoms with Crippen LogP contribution in [0.3, 0.4) is 0 Å². The van der Waals surface area contributed by atoms with Gasteiger partial charge in [-0.2, -0.15) is 0 Å². The molecule has 2 aliphatic rings. The number of rotatable bonds is 5. The van der Waals surface area contributed by atoms with Crippen LogP contribution in [0.1, 0.15) is 22.8 Å². The number of hydrogen-bond acceptors (Lipinski definition) is 6. The van der Waals surface area contributed by atoms with Crippen LogP contribution in [0, 0.1) is 0 Å². The average molecular weight is 659 g/mol. The first-order chi connectivity index (χ1) is 25.2. The van der Waals surface area contributed by atoms with E-state index < -0.39 is 0 Å². The van der Waals surface area contributed by atoms with Gasteiger partial charge in [-0.05, 0) is 113 Å². The molecule has 7 aromatic rings. The molecule has 10 heteroatoms. The number of aromatic amines is 2. The lowest BCUT2D eigenvalue weighted by Gasteiger charge is -2.07. The van der Waals surface area contributed by atoms with Crippen LogP contribution in [0.4, 0.5) is 5.69 Å². The summed E-state index contributed by atoms with van der Waals surface area (Å²) in [6, 6.07) is 27.8. The Labute approximate surface area is 291 Å². The van der Waals surface area contributed by atoms with Gasteiger partial charge in [-0.3, -0.25) is 15.0 Å². The molecule has 0 fully saturated rings. The van der Waals surface area contributed by atoms with Gasteiger partial charge in [0.15, 0.2) is 0 Å². The third kappa shape index (κ3) is 5.44. The highest BCUT2D eigenvalue weighted by molar-refractivity contribution is 5.99. The summed E-state index contributed by atoms with van der Waals surface area (Å²) in [6.07, 6.45) is 19.0. The summed E-state index contributed by atoms with van der Waals surface area (Å²) in [7, 11) is 0. The van der Waals surface area contributed by atoms with Crippen LogP contribution in [0.25, 0.3) is 101 Å². The second-order valence-electron chi connectivity index (χ2n) is 11.9. The van der Waals surface area contributed by atoms with Crippen LogP contribution in [0.15, 0.2) is 127 Å². The predicted molar refractivity (Wildman–Crippen MR) is 203 cm³/mol. The van der Waals surface area contributed by atoms with Gasteiger partial charge in [-0.1, -0.05) is 29.4 Å². The van der Waals surface area contributed by atoms with E-state index in [1.807, 2.05) is 66.7 Å². The van der Waals surface area contributed by atoms with E-state index in [4.69, 9.17) is 15.5 Å². The van der Waals surface area contributed by atoms with E-state index in [-0.39, 0.29) is 0 Å². The number of benzene rings is 1. The number of pyridine rings is 3. The number of nitrogens with zero attached hydrogens (tertiary/aromatic N) is 8. The fourth-order valence-corrected chi connectivity index (χ4v) is 6.72. The molecule has 240 valence electrons. The summed E-state index contributed by atoms with van der Waals surface area (Å²) in [5.74, 6) is 0. The van der Waals surface area contributed by atoms with Gasteiger partial charge < -0.3 is 9.97 Å². The van der Waals surface area contributed by atoms with Crippen LogP contribution in [0.5, 0.6) is 0 Å². The van der Waals surface area contributed by atoms with E-state index in [1.165, 1.54) is 0 Å². The summed E-state index contributed by atoms with van der Waals surface area (Å²) >= 11 is 0. The lowest BCUT2D eigenvalue weighted by molar-refractivity contribution is 1.29. The fourth-order valence-electron chi connectivity index (χ4n) is 6.72. The van der Waals surface area contributed by atoms with Crippen LogP contribution in [0.2, 0.25) is 0 Å². The van der Waals surface area contributed by atoms with E-state index in [9.17, 15) is 0 Å². The van der Waals surface area contributed by atoms with Gasteiger partial charge in [0.1, 0.15) is 0 Å². The Morgan fingerprint density at radius 2 is 0.725 bits per heavy atom. The van der Waals surface area contributed by atoms with Gasteiger partial charge in [0.25, 0.3) is 0 Å². The molecule has 0 atom stereocenters. The molecule has 0 aliphatic carbocycles. The van der Waals surface area contributed by atoms with Crippen LogP contribution < -0.4 is 0 Å². The minimum absolute atomic E-state index is 0.531. The Morgan fingerprint density at radius 1 is 0.412 bits per heavy atom.